The van der Waals surface area contributed by atoms with Crippen molar-refractivity contribution < 1.29 is 33.5 Å². The molecule has 5 heterocycles. The van der Waals surface area contributed by atoms with Crippen molar-refractivity contribution in [3.8, 4) is 0 Å². The third-order valence-corrected chi connectivity index (χ3v) is 17.5. The Kier molecular flexibility index (Phi) is 14.0. The summed E-state index contributed by atoms with van der Waals surface area (Å²) in [6, 6.07) is 14.4. The van der Waals surface area contributed by atoms with Crippen LogP contribution in [-0.2, 0) is 42.9 Å². The maximum absolute atomic E-state index is 16.4. The third kappa shape index (κ3) is 9.10. The molecule has 3 saturated heterocycles. The molecule has 2 spiro atoms. The molecule has 1 aromatic heterocycles. The van der Waals surface area contributed by atoms with Gasteiger partial charge in [0.25, 0.3) is 0 Å². The van der Waals surface area contributed by atoms with Crippen molar-refractivity contribution >= 4 is 69.5 Å². The molecule has 5 atom stereocenters. The smallest absolute Gasteiger partial charge is 0.329 e. The van der Waals surface area contributed by atoms with Crippen LogP contribution in [0.25, 0.3) is 11.0 Å². The van der Waals surface area contributed by atoms with E-state index in [4.69, 9.17) is 23.2 Å². The van der Waals surface area contributed by atoms with E-state index in [9.17, 15) is 33.9 Å². The molecule has 10 rings (SSSR count). The number of imidazole rings is 1. The molecule has 6 aliphatic rings. The van der Waals surface area contributed by atoms with E-state index < -0.39 is 46.6 Å². The van der Waals surface area contributed by atoms with Crippen molar-refractivity contribution in [3.05, 3.63) is 97.6 Å². The monoisotopic (exact) mass is 1010 g/mol. The minimum atomic E-state index is -1.30. The summed E-state index contributed by atoms with van der Waals surface area (Å²) in [6.07, 6.45) is 10.1. The van der Waals surface area contributed by atoms with Crippen molar-refractivity contribution in [1.29, 1.82) is 0 Å². The lowest BCUT2D eigenvalue weighted by molar-refractivity contribution is -0.138. The molecular weight excluding hydrogens is 951 g/mol. The molecule has 5 fully saturated rings. The number of aryl methyl sites for hydroxylation is 2. The van der Waals surface area contributed by atoms with Gasteiger partial charge < -0.3 is 20.6 Å². The maximum atomic E-state index is 16.4. The topological polar surface area (TPSA) is 187 Å². The van der Waals surface area contributed by atoms with Gasteiger partial charge >= 0.3 is 11.7 Å². The van der Waals surface area contributed by atoms with Crippen LogP contribution < -0.4 is 27.0 Å². The standard InChI is InChI=1S/C53H63Cl2FN8O7/c1-61-42-27-31(12-18-40(42)64(51(61)71)41-19-20-43(65)59-48(41)68)7-6-24-62-25-26-63(35(30-62)16-21-44(66)67)29-32-10-14-34(15-11-32)57-49(69)47-45(36-8-5-9-38(55)46(36)56)53(52(60-47)22-3-2-4-23-52)37-17-13-33(54)28-39(37)58-50(53)70/h5,8-9,12-13,17-18,27-28,32,34-35,41,45,47,60H,2-4,6-7,10-11,14-16,19-26,29-30H2,1H3,(H,57,69)(H,58,70)(H,66,67)(H,59,65,68)/t32?,34?,35-,41?,45+,47-,53-/m1/s1. The van der Waals surface area contributed by atoms with E-state index in [0.717, 1.165) is 107 Å². The molecule has 0 bridgehead atoms. The predicted molar refractivity (Wildman–Crippen MR) is 268 cm³/mol. The first-order valence-electron chi connectivity index (χ1n) is 25.5. The van der Waals surface area contributed by atoms with Gasteiger partial charge in [-0.2, -0.15) is 0 Å². The number of carbonyl (C=O) groups excluding carboxylic acids is 4. The number of benzene rings is 3. The van der Waals surface area contributed by atoms with Crippen LogP contribution in [-0.4, -0.2) is 110 Å². The largest absolute Gasteiger partial charge is 0.481 e. The predicted octanol–water partition coefficient (Wildman–Crippen LogP) is 6.57. The normalized spacial score (nSPS) is 27.8. The number of piperidine rings is 1. The first-order valence-corrected chi connectivity index (χ1v) is 26.3. The van der Waals surface area contributed by atoms with E-state index in [1.54, 1.807) is 35.9 Å². The van der Waals surface area contributed by atoms with E-state index in [1.807, 2.05) is 24.3 Å². The lowest BCUT2D eigenvalue weighted by Crippen LogP contribution is -2.60. The van der Waals surface area contributed by atoms with Crippen molar-refractivity contribution in [2.45, 2.75) is 137 Å². The number of carbonyl (C=O) groups is 5. The van der Waals surface area contributed by atoms with Crippen LogP contribution in [0.1, 0.15) is 119 Å². The summed E-state index contributed by atoms with van der Waals surface area (Å²) in [5, 5.41) is 22.7. The first kappa shape index (κ1) is 49.4. The fraction of sp³-hybridized carbons (Fsp3) is 0.547. The number of amides is 4. The number of aromatic nitrogens is 2. The van der Waals surface area contributed by atoms with Crippen LogP contribution in [0.4, 0.5) is 10.1 Å². The number of carboxylic acid groups (broad SMARTS) is 1. The minimum Gasteiger partial charge on any atom is -0.481 e. The number of rotatable bonds is 13. The second-order valence-electron chi connectivity index (χ2n) is 21.1. The number of halogens is 3. The Morgan fingerprint density at radius 1 is 0.915 bits per heavy atom. The number of piperazine rings is 1. The fourth-order valence-electron chi connectivity index (χ4n) is 13.6. The number of aliphatic carboxylic acids is 1. The number of imide groups is 1. The number of carboxylic acids is 1. The van der Waals surface area contributed by atoms with Crippen LogP contribution in [0.2, 0.25) is 10.0 Å². The van der Waals surface area contributed by atoms with E-state index in [0.29, 0.717) is 41.4 Å². The zero-order valence-electron chi connectivity index (χ0n) is 40.1. The highest BCUT2D eigenvalue weighted by molar-refractivity contribution is 6.31. The Bertz CT molecular complexity index is 2820. The zero-order valence-corrected chi connectivity index (χ0v) is 41.6. The second-order valence-corrected chi connectivity index (χ2v) is 21.9. The number of nitrogens with one attached hydrogen (secondary N) is 4. The number of hydrogen-bond acceptors (Lipinski definition) is 9. The SMILES string of the molecule is Cn1c(=O)n(C2CCC(=O)NC2=O)c2ccc(CCCN3CCN(CC4CCC(NC(=O)[C@@H]5NC6(CCCCC6)[C@@]6(C(=O)Nc7cc(Cl)ccc76)[C@H]5c5cccc(Cl)c5F)CC4)[C@H](CCC(=O)O)C3)cc21. The molecule has 71 heavy (non-hydrogen) atoms. The molecule has 0 radical (unpaired) electrons. The third-order valence-electron chi connectivity index (χ3n) is 17.0. The molecule has 2 aliphatic carbocycles. The molecule has 4 aliphatic heterocycles. The lowest BCUT2D eigenvalue weighted by Gasteiger charge is -2.47. The average molecular weight is 1010 g/mol. The quantitative estimate of drug-likeness (QED) is 0.0918. The van der Waals surface area contributed by atoms with Crippen molar-refractivity contribution in [2.75, 3.05) is 38.0 Å². The maximum Gasteiger partial charge on any atom is 0.329 e. The molecular formula is C53H63Cl2FN8O7. The molecule has 3 aromatic carbocycles. The molecule has 378 valence electrons. The molecule has 18 heteroatoms. The van der Waals surface area contributed by atoms with Crippen LogP contribution >= 0.6 is 23.2 Å². The van der Waals surface area contributed by atoms with Gasteiger partial charge in [0.05, 0.1) is 22.1 Å². The summed E-state index contributed by atoms with van der Waals surface area (Å²) in [5.74, 6) is -3.27. The number of hydrogen-bond donors (Lipinski definition) is 5. The van der Waals surface area contributed by atoms with Gasteiger partial charge in [-0.1, -0.05) is 66.7 Å². The van der Waals surface area contributed by atoms with E-state index in [1.165, 1.54) is 10.6 Å². The Morgan fingerprint density at radius 3 is 2.46 bits per heavy atom. The van der Waals surface area contributed by atoms with Crippen LogP contribution in [0.5, 0.6) is 0 Å². The summed E-state index contributed by atoms with van der Waals surface area (Å²) in [5.41, 5.74) is 1.59. The fourth-order valence-corrected chi connectivity index (χ4v) is 13.9. The summed E-state index contributed by atoms with van der Waals surface area (Å²) in [7, 11) is 1.70. The van der Waals surface area contributed by atoms with Gasteiger partial charge in [-0.15, -0.1) is 0 Å². The molecule has 1 unspecified atom stereocenters. The van der Waals surface area contributed by atoms with Crippen molar-refractivity contribution in [3.63, 3.8) is 0 Å². The van der Waals surface area contributed by atoms with Crippen LogP contribution in [0.3, 0.4) is 0 Å². The van der Waals surface area contributed by atoms with Gasteiger partial charge in [0, 0.05) is 80.3 Å². The van der Waals surface area contributed by atoms with Gasteiger partial charge in [0.1, 0.15) is 17.3 Å². The minimum absolute atomic E-state index is 0.0653. The highest BCUT2D eigenvalue weighted by Gasteiger charge is 2.72. The van der Waals surface area contributed by atoms with Crippen molar-refractivity contribution in [1.82, 2.24) is 34.9 Å². The van der Waals surface area contributed by atoms with Gasteiger partial charge in [-0.05, 0) is 124 Å². The molecule has 2 saturated carbocycles. The molecule has 4 aromatic rings. The van der Waals surface area contributed by atoms with E-state index >= 15 is 4.39 Å². The van der Waals surface area contributed by atoms with Gasteiger partial charge in [-0.25, -0.2) is 9.18 Å². The van der Waals surface area contributed by atoms with Gasteiger partial charge in [-0.3, -0.25) is 48.6 Å². The highest BCUT2D eigenvalue weighted by atomic mass is 35.5. The summed E-state index contributed by atoms with van der Waals surface area (Å²) in [6.45, 7) is 4.13. The summed E-state index contributed by atoms with van der Waals surface area (Å²) < 4.78 is 19.5. The molecule has 4 amide bonds. The first-order chi connectivity index (χ1) is 34.2. The Morgan fingerprint density at radius 2 is 1.70 bits per heavy atom. The zero-order chi connectivity index (χ0) is 49.8. The van der Waals surface area contributed by atoms with E-state index in [-0.39, 0.29) is 65.3 Å². The van der Waals surface area contributed by atoms with Crippen LogP contribution in [0.15, 0.2) is 59.4 Å². The Hall–Kier alpha value is -5.13. The van der Waals surface area contributed by atoms with Gasteiger partial charge in [0.2, 0.25) is 23.6 Å². The Labute approximate surface area is 422 Å². The number of anilines is 1. The second kappa shape index (κ2) is 20.1. The number of nitrogens with zero attached hydrogens (tertiary/aromatic N) is 4. The summed E-state index contributed by atoms with van der Waals surface area (Å²) >= 11 is 12.9. The lowest BCUT2D eigenvalue weighted by atomic mass is 9.55. The highest BCUT2D eigenvalue weighted by Crippen LogP contribution is 2.63. The van der Waals surface area contributed by atoms with Crippen LogP contribution in [0, 0.1) is 11.7 Å². The molecule has 15 nitrogen and oxygen atoms in total. The average Bonchev–Trinajstić information content (AvgIpc) is 3.90. The molecule has 5 N–H and O–H groups in total. The van der Waals surface area contributed by atoms with Crippen molar-refractivity contribution in [2.24, 2.45) is 13.0 Å². The Balaban J connectivity index is 0.777. The van der Waals surface area contributed by atoms with Gasteiger partial charge in [0.15, 0.2) is 0 Å². The number of fused-ring (bicyclic) bond motifs is 4. The van der Waals surface area contributed by atoms with E-state index in [2.05, 4.69) is 31.1 Å². The summed E-state index contributed by atoms with van der Waals surface area (Å²) in [4.78, 5) is 84.1.